The molecule has 0 amide bonds. The fourth-order valence-corrected chi connectivity index (χ4v) is 3.83. The van der Waals surface area contributed by atoms with E-state index in [0.717, 1.165) is 22.1 Å². The Morgan fingerprint density at radius 2 is 2.08 bits per heavy atom. The number of nitrogens with one attached hydrogen (secondary N) is 1. The first-order valence-corrected chi connectivity index (χ1v) is 9.85. The lowest BCUT2D eigenvalue weighted by molar-refractivity contribution is 0.271. The Bertz CT molecular complexity index is 838. The van der Waals surface area contributed by atoms with Crippen LogP contribution in [0.5, 0.6) is 5.75 Å². The zero-order chi connectivity index (χ0) is 17.6. The van der Waals surface area contributed by atoms with E-state index < -0.39 is 0 Å². The lowest BCUT2D eigenvalue weighted by atomic mass is 10.2. The number of anilines is 1. The van der Waals surface area contributed by atoms with Gasteiger partial charge in [0.1, 0.15) is 5.75 Å². The number of rotatable bonds is 7. The number of hydrazone groups is 1. The lowest BCUT2D eigenvalue weighted by Gasteiger charge is -2.10. The molecule has 130 valence electrons. The quantitative estimate of drug-likeness (QED) is 0.430. The van der Waals surface area contributed by atoms with E-state index in [0.29, 0.717) is 12.5 Å². The molecule has 0 aliphatic rings. The van der Waals surface area contributed by atoms with Crippen molar-refractivity contribution in [1.29, 1.82) is 0 Å². The van der Waals surface area contributed by atoms with Gasteiger partial charge < -0.3 is 4.74 Å². The third-order valence-corrected chi connectivity index (χ3v) is 5.16. The topological polar surface area (TPSA) is 46.5 Å². The van der Waals surface area contributed by atoms with Crippen LogP contribution in [-0.4, -0.2) is 17.8 Å². The number of hydrogen-bond acceptors (Lipinski definition) is 6. The molecule has 0 aliphatic heterocycles. The van der Waals surface area contributed by atoms with Crippen molar-refractivity contribution in [3.05, 3.63) is 52.2 Å². The summed E-state index contributed by atoms with van der Waals surface area (Å²) in [6.07, 6.45) is 1.78. The van der Waals surface area contributed by atoms with Crippen molar-refractivity contribution in [2.45, 2.75) is 20.8 Å². The van der Waals surface area contributed by atoms with Crippen LogP contribution in [0.4, 0.5) is 5.13 Å². The Morgan fingerprint density at radius 3 is 2.84 bits per heavy atom. The summed E-state index contributed by atoms with van der Waals surface area (Å²) in [5.74, 6) is 1.33. The standard InChI is InChI=1S/C19H21N3OS2/c1-13(2)12-23-16-8-5-4-7-15(16)11-20-22-19-21-18(14(3)25-19)17-9-6-10-24-17/h4-11,13H,12H2,1-3H3,(H,21,22)/b20-11-. The van der Waals surface area contributed by atoms with Crippen molar-refractivity contribution in [3.8, 4) is 16.3 Å². The molecule has 0 atom stereocenters. The fourth-order valence-electron chi connectivity index (χ4n) is 2.22. The number of ether oxygens (including phenoxy) is 1. The van der Waals surface area contributed by atoms with Crippen molar-refractivity contribution in [1.82, 2.24) is 4.98 Å². The molecule has 0 bridgehead atoms. The molecule has 25 heavy (non-hydrogen) atoms. The highest BCUT2D eigenvalue weighted by Crippen LogP contribution is 2.32. The zero-order valence-corrected chi connectivity index (χ0v) is 16.2. The van der Waals surface area contributed by atoms with Crippen molar-refractivity contribution in [2.24, 2.45) is 11.0 Å². The maximum Gasteiger partial charge on any atom is 0.204 e. The van der Waals surface area contributed by atoms with Crippen LogP contribution in [0.25, 0.3) is 10.6 Å². The summed E-state index contributed by atoms with van der Waals surface area (Å²) in [7, 11) is 0. The average Bonchev–Trinajstić information content (AvgIpc) is 3.23. The van der Waals surface area contributed by atoms with E-state index in [9.17, 15) is 0 Å². The molecule has 1 aromatic carbocycles. The Morgan fingerprint density at radius 1 is 1.24 bits per heavy atom. The van der Waals surface area contributed by atoms with E-state index in [1.54, 1.807) is 28.9 Å². The molecule has 0 spiro atoms. The maximum absolute atomic E-state index is 5.84. The number of benzene rings is 1. The molecule has 3 aromatic rings. The third kappa shape index (κ3) is 4.67. The first-order valence-electron chi connectivity index (χ1n) is 8.15. The first-order chi connectivity index (χ1) is 12.1. The molecule has 3 rings (SSSR count). The van der Waals surface area contributed by atoms with Crippen LogP contribution in [0.2, 0.25) is 0 Å². The molecule has 0 saturated carbocycles. The minimum atomic E-state index is 0.483. The average molecular weight is 372 g/mol. The van der Waals surface area contributed by atoms with Crippen LogP contribution in [-0.2, 0) is 0 Å². The molecule has 0 saturated heterocycles. The van der Waals surface area contributed by atoms with E-state index in [2.05, 4.69) is 47.7 Å². The van der Waals surface area contributed by atoms with Crippen molar-refractivity contribution >= 4 is 34.0 Å². The minimum Gasteiger partial charge on any atom is -0.493 e. The number of aryl methyl sites for hydroxylation is 1. The Labute approximate surface area is 156 Å². The van der Waals surface area contributed by atoms with Gasteiger partial charge in [-0.25, -0.2) is 4.98 Å². The summed E-state index contributed by atoms with van der Waals surface area (Å²) in [5.41, 5.74) is 5.01. The second-order valence-corrected chi connectivity index (χ2v) is 8.16. The number of aromatic nitrogens is 1. The Hall–Kier alpha value is -2.18. The van der Waals surface area contributed by atoms with Gasteiger partial charge in [0.15, 0.2) is 0 Å². The number of nitrogens with zero attached hydrogens (tertiary/aromatic N) is 2. The molecule has 0 unspecified atom stereocenters. The maximum atomic E-state index is 5.84. The smallest absolute Gasteiger partial charge is 0.204 e. The van der Waals surface area contributed by atoms with Crippen LogP contribution < -0.4 is 10.2 Å². The highest BCUT2D eigenvalue weighted by Gasteiger charge is 2.10. The van der Waals surface area contributed by atoms with Crippen molar-refractivity contribution < 1.29 is 4.74 Å². The van der Waals surface area contributed by atoms with Gasteiger partial charge in [0.25, 0.3) is 0 Å². The van der Waals surface area contributed by atoms with E-state index in [4.69, 9.17) is 4.74 Å². The highest BCUT2D eigenvalue weighted by atomic mass is 32.1. The van der Waals surface area contributed by atoms with Crippen LogP contribution in [0, 0.1) is 12.8 Å². The summed E-state index contributed by atoms with van der Waals surface area (Å²) >= 11 is 3.30. The minimum absolute atomic E-state index is 0.483. The van der Waals surface area contributed by atoms with E-state index in [1.807, 2.05) is 30.3 Å². The van der Waals surface area contributed by atoms with Crippen molar-refractivity contribution in [2.75, 3.05) is 12.0 Å². The summed E-state index contributed by atoms with van der Waals surface area (Å²) in [6, 6.07) is 12.0. The summed E-state index contributed by atoms with van der Waals surface area (Å²) in [4.78, 5) is 7.00. The van der Waals surface area contributed by atoms with Gasteiger partial charge in [-0.1, -0.05) is 32.0 Å². The highest BCUT2D eigenvalue weighted by molar-refractivity contribution is 7.17. The van der Waals surface area contributed by atoms with E-state index >= 15 is 0 Å². The second-order valence-electron chi connectivity index (χ2n) is 6.01. The molecular formula is C19H21N3OS2. The van der Waals surface area contributed by atoms with Gasteiger partial charge in [0, 0.05) is 10.4 Å². The van der Waals surface area contributed by atoms with Crippen LogP contribution in [0.1, 0.15) is 24.3 Å². The number of thiophene rings is 1. The zero-order valence-electron chi connectivity index (χ0n) is 14.5. The largest absolute Gasteiger partial charge is 0.493 e. The van der Waals surface area contributed by atoms with Crippen LogP contribution in [0.3, 0.4) is 0 Å². The molecule has 2 aromatic heterocycles. The molecule has 0 fully saturated rings. The number of hydrogen-bond donors (Lipinski definition) is 1. The molecule has 1 N–H and O–H groups in total. The van der Waals surface area contributed by atoms with Crippen molar-refractivity contribution in [3.63, 3.8) is 0 Å². The van der Waals surface area contributed by atoms with Gasteiger partial charge in [-0.15, -0.1) is 22.7 Å². The number of para-hydroxylation sites is 1. The third-order valence-electron chi connectivity index (χ3n) is 3.41. The lowest BCUT2D eigenvalue weighted by Crippen LogP contribution is -2.06. The van der Waals surface area contributed by atoms with Gasteiger partial charge in [0.2, 0.25) is 5.13 Å². The van der Waals surface area contributed by atoms with Gasteiger partial charge in [0.05, 0.1) is 23.4 Å². The van der Waals surface area contributed by atoms with Crippen LogP contribution >= 0.6 is 22.7 Å². The predicted octanol–water partition coefficient (Wildman–Crippen LogP) is 5.66. The first kappa shape index (κ1) is 17.6. The van der Waals surface area contributed by atoms with E-state index in [1.165, 1.54) is 9.75 Å². The van der Waals surface area contributed by atoms with Gasteiger partial charge >= 0.3 is 0 Å². The molecule has 2 heterocycles. The molecule has 0 radical (unpaired) electrons. The second kappa shape index (κ2) is 8.27. The Kier molecular flexibility index (Phi) is 5.83. The molecule has 6 heteroatoms. The predicted molar refractivity (Wildman–Crippen MR) is 108 cm³/mol. The SMILES string of the molecule is Cc1sc(N/N=C\c2ccccc2OCC(C)C)nc1-c1cccs1. The molecule has 0 aliphatic carbocycles. The number of thiazole rings is 1. The monoisotopic (exact) mass is 371 g/mol. The fraction of sp³-hybridized carbons (Fsp3) is 0.263. The summed E-state index contributed by atoms with van der Waals surface area (Å²) < 4.78 is 5.84. The summed E-state index contributed by atoms with van der Waals surface area (Å²) in [5, 5.41) is 7.18. The Balaban J connectivity index is 1.69. The van der Waals surface area contributed by atoms with Gasteiger partial charge in [-0.2, -0.15) is 5.10 Å². The van der Waals surface area contributed by atoms with E-state index in [-0.39, 0.29) is 0 Å². The molecular weight excluding hydrogens is 350 g/mol. The van der Waals surface area contributed by atoms with Crippen LogP contribution in [0.15, 0.2) is 46.9 Å². The normalized spacial score (nSPS) is 11.4. The summed E-state index contributed by atoms with van der Waals surface area (Å²) in [6.45, 7) is 7.03. The van der Waals surface area contributed by atoms with Gasteiger partial charge in [-0.3, -0.25) is 5.43 Å². The molecule has 4 nitrogen and oxygen atoms in total. The van der Waals surface area contributed by atoms with Gasteiger partial charge in [-0.05, 0) is 36.4 Å².